The average molecular weight is 372 g/mol. The fraction of sp³-hybridized carbons (Fsp3) is 0.167. The Bertz CT molecular complexity index is 934. The minimum Gasteiger partial charge on any atom is -0.326 e. The zero-order valence-electron chi connectivity index (χ0n) is 15.9. The molecule has 4 nitrogen and oxygen atoms in total. The number of carbonyl (C=O) groups excluding carboxylic acids is 2. The molecule has 0 saturated heterocycles. The minimum absolute atomic E-state index is 0.0499. The van der Waals surface area contributed by atoms with Crippen LogP contribution in [0.25, 0.3) is 0 Å². The topological polar surface area (TPSA) is 58.2 Å². The lowest BCUT2D eigenvalue weighted by Crippen LogP contribution is -2.14. The quantitative estimate of drug-likeness (QED) is 0.608. The number of anilines is 2. The van der Waals surface area contributed by atoms with Crippen LogP contribution in [0.15, 0.2) is 78.9 Å². The van der Waals surface area contributed by atoms with Crippen molar-refractivity contribution in [2.24, 2.45) is 0 Å². The molecule has 2 amide bonds. The van der Waals surface area contributed by atoms with E-state index in [9.17, 15) is 9.59 Å². The summed E-state index contributed by atoms with van der Waals surface area (Å²) in [5.74, 6) is -0.231. The maximum atomic E-state index is 12.3. The molecule has 28 heavy (non-hydrogen) atoms. The highest BCUT2D eigenvalue weighted by Gasteiger charge is 2.07. The molecule has 0 radical (unpaired) electrons. The summed E-state index contributed by atoms with van der Waals surface area (Å²) in [6, 6.07) is 24.6. The molecule has 0 saturated carbocycles. The van der Waals surface area contributed by atoms with E-state index >= 15 is 0 Å². The van der Waals surface area contributed by atoms with Crippen molar-refractivity contribution < 1.29 is 9.59 Å². The summed E-state index contributed by atoms with van der Waals surface area (Å²) in [5, 5.41) is 5.75. The Morgan fingerprint density at radius 2 is 1.39 bits per heavy atom. The lowest BCUT2D eigenvalue weighted by molar-refractivity contribution is -0.116. The Kier molecular flexibility index (Phi) is 6.58. The second-order valence-corrected chi connectivity index (χ2v) is 6.62. The van der Waals surface area contributed by atoms with Crippen LogP contribution in [0.2, 0.25) is 0 Å². The highest BCUT2D eigenvalue weighted by Crippen LogP contribution is 2.17. The van der Waals surface area contributed by atoms with Crippen LogP contribution in [0.5, 0.6) is 0 Å². The van der Waals surface area contributed by atoms with E-state index in [0.29, 0.717) is 29.8 Å². The van der Waals surface area contributed by atoms with E-state index in [1.807, 2.05) is 24.3 Å². The highest BCUT2D eigenvalue weighted by atomic mass is 16.2. The lowest BCUT2D eigenvalue weighted by atomic mass is 10.1. The van der Waals surface area contributed by atoms with Gasteiger partial charge in [0, 0.05) is 23.4 Å². The Morgan fingerprint density at radius 1 is 0.750 bits per heavy atom. The zero-order valence-corrected chi connectivity index (χ0v) is 15.9. The number of rotatable bonds is 7. The van der Waals surface area contributed by atoms with Crippen molar-refractivity contribution in [2.75, 3.05) is 10.6 Å². The van der Waals surface area contributed by atoms with E-state index < -0.39 is 0 Å². The number of aryl methyl sites for hydroxylation is 2. The van der Waals surface area contributed by atoms with E-state index in [2.05, 4.69) is 41.8 Å². The van der Waals surface area contributed by atoms with Crippen LogP contribution in [0.4, 0.5) is 11.4 Å². The van der Waals surface area contributed by atoms with Gasteiger partial charge in [0.25, 0.3) is 5.91 Å². The van der Waals surface area contributed by atoms with Gasteiger partial charge in [0.15, 0.2) is 0 Å². The van der Waals surface area contributed by atoms with Gasteiger partial charge in [-0.05, 0) is 54.3 Å². The first-order valence-corrected chi connectivity index (χ1v) is 9.48. The fourth-order valence-corrected chi connectivity index (χ4v) is 2.89. The Morgan fingerprint density at radius 3 is 2.07 bits per heavy atom. The predicted octanol–water partition coefficient (Wildman–Crippen LogP) is 5.07. The molecule has 0 aromatic heterocycles. The molecule has 0 spiro atoms. The molecule has 3 rings (SSSR count). The molecule has 3 aromatic rings. The first-order chi connectivity index (χ1) is 13.6. The molecular weight excluding hydrogens is 348 g/mol. The molecule has 0 aliphatic heterocycles. The van der Waals surface area contributed by atoms with Crippen molar-refractivity contribution in [1.82, 2.24) is 0 Å². The molecule has 4 heteroatoms. The normalized spacial score (nSPS) is 10.3. The van der Waals surface area contributed by atoms with Gasteiger partial charge in [-0.15, -0.1) is 0 Å². The number of benzene rings is 3. The van der Waals surface area contributed by atoms with Crippen molar-refractivity contribution in [3.8, 4) is 0 Å². The van der Waals surface area contributed by atoms with Gasteiger partial charge >= 0.3 is 0 Å². The molecule has 0 atom stereocenters. The van der Waals surface area contributed by atoms with Gasteiger partial charge in [-0.2, -0.15) is 0 Å². The van der Waals surface area contributed by atoms with Gasteiger partial charge < -0.3 is 10.6 Å². The zero-order chi connectivity index (χ0) is 19.8. The second-order valence-electron chi connectivity index (χ2n) is 6.62. The van der Waals surface area contributed by atoms with E-state index in [-0.39, 0.29) is 11.8 Å². The standard InChI is InChI=1S/C24H24N2O2/c1-2-18-11-13-19(14-12-18)15-16-23(27)25-21-9-6-10-22(17-21)26-24(28)20-7-4-3-5-8-20/h3-14,17H,2,15-16H2,1H3,(H,25,27)(H,26,28). The average Bonchev–Trinajstić information content (AvgIpc) is 2.73. The summed E-state index contributed by atoms with van der Waals surface area (Å²) < 4.78 is 0. The molecule has 0 bridgehead atoms. The molecule has 0 fully saturated rings. The van der Waals surface area contributed by atoms with Crippen LogP contribution in [0.3, 0.4) is 0 Å². The smallest absolute Gasteiger partial charge is 0.255 e. The number of amides is 2. The summed E-state index contributed by atoms with van der Waals surface area (Å²) in [7, 11) is 0. The van der Waals surface area contributed by atoms with Gasteiger partial charge in [0.05, 0.1) is 0 Å². The molecule has 3 aromatic carbocycles. The van der Waals surface area contributed by atoms with Gasteiger partial charge in [-0.3, -0.25) is 9.59 Å². The molecule has 142 valence electrons. The first-order valence-electron chi connectivity index (χ1n) is 9.48. The highest BCUT2D eigenvalue weighted by molar-refractivity contribution is 6.04. The lowest BCUT2D eigenvalue weighted by Gasteiger charge is -2.09. The minimum atomic E-state index is -0.181. The van der Waals surface area contributed by atoms with Crippen molar-refractivity contribution in [2.45, 2.75) is 26.2 Å². The third-order valence-electron chi connectivity index (χ3n) is 4.51. The predicted molar refractivity (Wildman–Crippen MR) is 114 cm³/mol. The van der Waals surface area contributed by atoms with Crippen LogP contribution < -0.4 is 10.6 Å². The third-order valence-corrected chi connectivity index (χ3v) is 4.51. The SMILES string of the molecule is CCc1ccc(CCC(=O)Nc2cccc(NC(=O)c3ccccc3)c2)cc1. The maximum Gasteiger partial charge on any atom is 0.255 e. The van der Waals surface area contributed by atoms with E-state index in [1.54, 1.807) is 30.3 Å². The Balaban J connectivity index is 1.54. The van der Waals surface area contributed by atoms with Gasteiger partial charge in [0.2, 0.25) is 5.91 Å². The number of nitrogens with one attached hydrogen (secondary N) is 2. The Labute approximate surface area is 165 Å². The summed E-state index contributed by atoms with van der Waals surface area (Å²) in [6.07, 6.45) is 2.12. The molecule has 0 aliphatic carbocycles. The number of hydrogen-bond acceptors (Lipinski definition) is 2. The first kappa shape index (κ1) is 19.4. The second kappa shape index (κ2) is 9.51. The van der Waals surface area contributed by atoms with E-state index in [4.69, 9.17) is 0 Å². The largest absolute Gasteiger partial charge is 0.326 e. The third kappa shape index (κ3) is 5.55. The fourth-order valence-electron chi connectivity index (χ4n) is 2.89. The molecule has 2 N–H and O–H groups in total. The molecular formula is C24H24N2O2. The van der Waals surface area contributed by atoms with E-state index in [0.717, 1.165) is 12.0 Å². The van der Waals surface area contributed by atoms with Crippen LogP contribution in [-0.4, -0.2) is 11.8 Å². The summed E-state index contributed by atoms with van der Waals surface area (Å²) in [6.45, 7) is 2.12. The van der Waals surface area contributed by atoms with Crippen molar-refractivity contribution in [3.63, 3.8) is 0 Å². The van der Waals surface area contributed by atoms with Gasteiger partial charge in [-0.25, -0.2) is 0 Å². The number of hydrogen-bond donors (Lipinski definition) is 2. The molecule has 0 aliphatic rings. The Hall–Kier alpha value is -3.40. The van der Waals surface area contributed by atoms with Crippen LogP contribution in [0.1, 0.15) is 34.8 Å². The van der Waals surface area contributed by atoms with Gasteiger partial charge in [-0.1, -0.05) is 55.5 Å². The summed E-state index contributed by atoms with van der Waals surface area (Å²) >= 11 is 0. The van der Waals surface area contributed by atoms with Crippen LogP contribution >= 0.6 is 0 Å². The van der Waals surface area contributed by atoms with Crippen molar-refractivity contribution in [1.29, 1.82) is 0 Å². The van der Waals surface area contributed by atoms with Crippen LogP contribution in [-0.2, 0) is 17.6 Å². The summed E-state index contributed by atoms with van der Waals surface area (Å²) in [5.41, 5.74) is 4.34. The molecule has 0 unspecified atom stereocenters. The van der Waals surface area contributed by atoms with Crippen LogP contribution in [0, 0.1) is 0 Å². The van der Waals surface area contributed by atoms with Crippen molar-refractivity contribution >= 4 is 23.2 Å². The monoisotopic (exact) mass is 372 g/mol. The number of carbonyl (C=O) groups is 2. The van der Waals surface area contributed by atoms with Crippen molar-refractivity contribution in [3.05, 3.63) is 95.6 Å². The molecule has 0 heterocycles. The van der Waals surface area contributed by atoms with E-state index in [1.165, 1.54) is 5.56 Å². The maximum absolute atomic E-state index is 12.3. The summed E-state index contributed by atoms with van der Waals surface area (Å²) in [4.78, 5) is 24.5. The van der Waals surface area contributed by atoms with Gasteiger partial charge in [0.1, 0.15) is 0 Å².